The summed E-state index contributed by atoms with van der Waals surface area (Å²) < 4.78 is 33.3. The van der Waals surface area contributed by atoms with E-state index < -0.39 is 20.5 Å². The van der Waals surface area contributed by atoms with Crippen LogP contribution in [0.2, 0.25) is 0 Å². The molecule has 74 valence electrons. The van der Waals surface area contributed by atoms with Gasteiger partial charge in [-0.05, 0) is 13.8 Å². The molecule has 0 aliphatic heterocycles. The molecule has 0 fully saturated rings. The minimum atomic E-state index is -3.28. The van der Waals surface area contributed by atoms with Crippen LogP contribution in [0.4, 0.5) is 8.78 Å². The molecule has 0 rings (SSSR count). The van der Waals surface area contributed by atoms with Gasteiger partial charge in [-0.3, -0.25) is 0 Å². The number of rotatable bonds is 6. The van der Waals surface area contributed by atoms with Crippen molar-refractivity contribution in [2.24, 2.45) is 0 Å². The first-order chi connectivity index (χ1) is 5.54. The molecule has 0 radical (unpaired) electrons. The fourth-order valence-electron chi connectivity index (χ4n) is 0.721. The zero-order chi connectivity index (χ0) is 9.61. The van der Waals surface area contributed by atoms with Gasteiger partial charge in [-0.15, -0.1) is 0 Å². The molecular formula is C6H14F2O3P+. The van der Waals surface area contributed by atoms with E-state index in [1.165, 1.54) is 0 Å². The maximum atomic E-state index is 11.9. The van der Waals surface area contributed by atoms with E-state index in [0.717, 1.165) is 0 Å². The van der Waals surface area contributed by atoms with Crippen LogP contribution >= 0.6 is 7.94 Å². The number of hydrogen-bond acceptors (Lipinski definition) is 3. The summed E-state index contributed by atoms with van der Waals surface area (Å²) in [7, 11) is -3.28. The summed E-state index contributed by atoms with van der Waals surface area (Å²) in [5.74, 6) is 0. The Morgan fingerprint density at radius 1 is 1.25 bits per heavy atom. The van der Waals surface area contributed by atoms with Crippen LogP contribution < -0.4 is 0 Å². The van der Waals surface area contributed by atoms with Crippen molar-refractivity contribution in [3.63, 3.8) is 0 Å². The molecule has 0 saturated heterocycles. The van der Waals surface area contributed by atoms with Gasteiger partial charge >= 0.3 is 7.94 Å². The van der Waals surface area contributed by atoms with E-state index in [1.807, 2.05) is 0 Å². The van der Waals surface area contributed by atoms with Crippen LogP contribution in [0.1, 0.15) is 13.8 Å². The largest absolute Gasteiger partial charge is 0.414 e. The molecule has 1 N–H and O–H groups in total. The van der Waals surface area contributed by atoms with E-state index in [0.29, 0.717) is 0 Å². The van der Waals surface area contributed by atoms with Gasteiger partial charge in [-0.2, -0.15) is 13.9 Å². The molecule has 0 atom stereocenters. The summed E-state index contributed by atoms with van der Waals surface area (Å²) >= 11 is 0. The molecule has 6 heteroatoms. The van der Waals surface area contributed by atoms with Crippen LogP contribution in [-0.4, -0.2) is 30.7 Å². The van der Waals surface area contributed by atoms with Crippen LogP contribution in [0, 0.1) is 0 Å². The van der Waals surface area contributed by atoms with Gasteiger partial charge in [-0.1, -0.05) is 0 Å². The molecule has 3 nitrogen and oxygen atoms in total. The average Bonchev–Trinajstić information content (AvgIpc) is 1.85. The van der Waals surface area contributed by atoms with Crippen molar-refractivity contribution in [3.05, 3.63) is 0 Å². The molecule has 0 aromatic carbocycles. The van der Waals surface area contributed by atoms with Crippen molar-refractivity contribution in [1.29, 1.82) is 0 Å². The lowest BCUT2D eigenvalue weighted by Gasteiger charge is -2.14. The molecule has 0 amide bonds. The normalized spacial score (nSPS) is 12.5. The van der Waals surface area contributed by atoms with Crippen LogP contribution in [-0.2, 0) is 9.05 Å². The summed E-state index contributed by atoms with van der Waals surface area (Å²) in [6, 6.07) is 0. The lowest BCUT2D eigenvalue weighted by Crippen LogP contribution is -2.12. The fourth-order valence-corrected chi connectivity index (χ4v) is 2.16. The van der Waals surface area contributed by atoms with Crippen molar-refractivity contribution in [2.45, 2.75) is 20.3 Å². The fraction of sp³-hybridized carbons (Fsp3) is 1.00. The van der Waals surface area contributed by atoms with Crippen molar-refractivity contribution >= 4 is 7.94 Å². The van der Waals surface area contributed by atoms with Gasteiger partial charge in [0.25, 0.3) is 6.43 Å². The van der Waals surface area contributed by atoms with Gasteiger partial charge in [0, 0.05) is 0 Å². The summed E-state index contributed by atoms with van der Waals surface area (Å²) in [5.41, 5.74) is 0. The molecule has 0 heterocycles. The molecule has 0 aromatic rings. The van der Waals surface area contributed by atoms with Crippen molar-refractivity contribution < 1.29 is 22.7 Å². The first-order valence-corrected chi connectivity index (χ1v) is 5.48. The predicted octanol–water partition coefficient (Wildman–Crippen LogP) is 2.08. The average molecular weight is 203 g/mol. The SMILES string of the molecule is CCO[P+](O)(CC(F)F)OCC. The first-order valence-electron chi connectivity index (χ1n) is 3.72. The van der Waals surface area contributed by atoms with E-state index in [4.69, 9.17) is 9.05 Å². The molecule has 0 aliphatic carbocycles. The lowest BCUT2D eigenvalue weighted by molar-refractivity contribution is 0.137. The summed E-state index contributed by atoms with van der Waals surface area (Å²) in [5, 5.41) is 0. The first kappa shape index (κ1) is 12.2. The van der Waals surface area contributed by atoms with Crippen molar-refractivity contribution in [3.8, 4) is 0 Å². The molecule has 0 spiro atoms. The summed E-state index contributed by atoms with van der Waals surface area (Å²) in [6.45, 7) is 3.60. The third kappa shape index (κ3) is 4.93. The van der Waals surface area contributed by atoms with Crippen LogP contribution in [0.3, 0.4) is 0 Å². The highest BCUT2D eigenvalue weighted by Gasteiger charge is 2.43. The van der Waals surface area contributed by atoms with Crippen molar-refractivity contribution in [2.75, 3.05) is 19.4 Å². The maximum absolute atomic E-state index is 11.9. The Bertz CT molecular complexity index is 117. The van der Waals surface area contributed by atoms with Crippen LogP contribution in [0.5, 0.6) is 0 Å². The van der Waals surface area contributed by atoms with Gasteiger partial charge in [0.15, 0.2) is 0 Å². The molecule has 12 heavy (non-hydrogen) atoms. The third-order valence-corrected chi connectivity index (χ3v) is 3.09. The Morgan fingerprint density at radius 2 is 1.67 bits per heavy atom. The van der Waals surface area contributed by atoms with Gasteiger partial charge in [0.05, 0.1) is 13.2 Å². The highest BCUT2D eigenvalue weighted by Crippen LogP contribution is 2.57. The molecule has 0 unspecified atom stereocenters. The van der Waals surface area contributed by atoms with Gasteiger partial charge in [0.1, 0.15) is 0 Å². The van der Waals surface area contributed by atoms with E-state index in [-0.39, 0.29) is 13.2 Å². The quantitative estimate of drug-likeness (QED) is 0.671. The van der Waals surface area contributed by atoms with Crippen molar-refractivity contribution in [1.82, 2.24) is 0 Å². The topological polar surface area (TPSA) is 38.7 Å². The lowest BCUT2D eigenvalue weighted by atomic mass is 10.9. The zero-order valence-corrected chi connectivity index (χ0v) is 8.06. The Balaban J connectivity index is 3.98. The number of halogens is 2. The Morgan fingerprint density at radius 3 is 1.92 bits per heavy atom. The number of alkyl halides is 2. The van der Waals surface area contributed by atoms with Gasteiger partial charge < -0.3 is 0 Å². The highest BCUT2D eigenvalue weighted by molar-refractivity contribution is 7.60. The van der Waals surface area contributed by atoms with Crippen LogP contribution in [0.15, 0.2) is 0 Å². The smallest absolute Gasteiger partial charge is 0.206 e. The minimum Gasteiger partial charge on any atom is -0.206 e. The van der Waals surface area contributed by atoms with E-state index >= 15 is 0 Å². The zero-order valence-electron chi connectivity index (χ0n) is 7.17. The van der Waals surface area contributed by atoms with E-state index in [9.17, 15) is 13.7 Å². The monoisotopic (exact) mass is 203 g/mol. The molecule has 0 saturated carbocycles. The second-order valence-corrected chi connectivity index (χ2v) is 4.20. The van der Waals surface area contributed by atoms with Gasteiger partial charge in [-0.25, -0.2) is 8.78 Å². The van der Waals surface area contributed by atoms with E-state index in [2.05, 4.69) is 0 Å². The minimum absolute atomic E-state index is 0.178. The Labute approximate surface area is 71.3 Å². The molecule has 0 bridgehead atoms. The van der Waals surface area contributed by atoms with Crippen LogP contribution in [0.25, 0.3) is 0 Å². The van der Waals surface area contributed by atoms with E-state index in [1.54, 1.807) is 13.8 Å². The number of hydrogen-bond donors (Lipinski definition) is 1. The van der Waals surface area contributed by atoms with Gasteiger partial charge in [0.2, 0.25) is 6.16 Å². The maximum Gasteiger partial charge on any atom is 0.414 e. The predicted molar refractivity (Wildman–Crippen MR) is 43.3 cm³/mol. The Kier molecular flexibility index (Phi) is 5.84. The standard InChI is InChI=1S/C6H14F2O3P/c1-3-10-12(9,11-4-2)5-6(7)8/h6,9H,3-5H2,1-2H3/q+1. The second-order valence-electron chi connectivity index (χ2n) is 2.05. The molecular weight excluding hydrogens is 189 g/mol. The molecule has 0 aliphatic rings. The highest BCUT2D eigenvalue weighted by atomic mass is 31.2. The molecule has 0 aromatic heterocycles. The summed E-state index contributed by atoms with van der Waals surface area (Å²) in [4.78, 5) is 9.37. The summed E-state index contributed by atoms with van der Waals surface area (Å²) in [6.07, 6.45) is -3.31. The second kappa shape index (κ2) is 5.75. The third-order valence-electron chi connectivity index (χ3n) is 1.03. The Hall–Kier alpha value is 0.170.